The van der Waals surface area contributed by atoms with E-state index in [1.807, 2.05) is 0 Å². The maximum absolute atomic E-state index is 5.78. The molecule has 11 heavy (non-hydrogen) atoms. The van der Waals surface area contributed by atoms with Crippen LogP contribution in [-0.4, -0.2) is 6.54 Å². The molecule has 3 aliphatic rings. The summed E-state index contributed by atoms with van der Waals surface area (Å²) in [5.74, 6) is 0.996. The molecule has 0 amide bonds. The van der Waals surface area contributed by atoms with Gasteiger partial charge in [-0.1, -0.05) is 13.8 Å². The molecule has 0 radical (unpaired) electrons. The van der Waals surface area contributed by atoms with Crippen LogP contribution in [0.1, 0.15) is 33.1 Å². The van der Waals surface area contributed by atoms with Gasteiger partial charge in [-0.05, 0) is 42.6 Å². The van der Waals surface area contributed by atoms with Crippen molar-refractivity contribution in [3.8, 4) is 0 Å². The van der Waals surface area contributed by atoms with E-state index < -0.39 is 0 Å². The monoisotopic (exact) mass is 175 g/mol. The first-order chi connectivity index (χ1) is 4.62. The molecule has 0 saturated heterocycles. The zero-order chi connectivity index (χ0) is 7.41. The Kier molecular flexibility index (Phi) is 2.01. The van der Waals surface area contributed by atoms with Crippen LogP contribution in [0, 0.1) is 16.7 Å². The van der Waals surface area contributed by atoms with Crippen LogP contribution in [0.15, 0.2) is 0 Å². The van der Waals surface area contributed by atoms with Gasteiger partial charge in [-0.15, -0.1) is 12.4 Å². The van der Waals surface area contributed by atoms with Crippen molar-refractivity contribution in [2.24, 2.45) is 22.5 Å². The zero-order valence-electron chi connectivity index (χ0n) is 7.39. The van der Waals surface area contributed by atoms with Gasteiger partial charge in [-0.3, -0.25) is 0 Å². The summed E-state index contributed by atoms with van der Waals surface area (Å²) in [7, 11) is 0. The smallest absolute Gasteiger partial charge is 0.00152 e. The van der Waals surface area contributed by atoms with Gasteiger partial charge in [0.15, 0.2) is 0 Å². The lowest BCUT2D eigenvalue weighted by Gasteiger charge is -2.54. The number of rotatable bonds is 1. The standard InChI is InChI=1S/C9H17N.ClH/c1-8(2)7-3-4-9(8,5-7)6-10;/h7H,3-6,10H2,1-2H3;1H. The third kappa shape index (κ3) is 0.815. The highest BCUT2D eigenvalue weighted by atomic mass is 35.5. The summed E-state index contributed by atoms with van der Waals surface area (Å²) in [5, 5.41) is 0. The van der Waals surface area contributed by atoms with E-state index in [9.17, 15) is 0 Å². The minimum atomic E-state index is 0. The Morgan fingerprint density at radius 2 is 2.09 bits per heavy atom. The predicted octanol–water partition coefficient (Wildman–Crippen LogP) is 2.19. The summed E-state index contributed by atoms with van der Waals surface area (Å²) in [5.41, 5.74) is 6.91. The second-order valence-corrected chi connectivity index (χ2v) is 4.65. The molecular formula is C9H18ClN. The molecule has 0 aromatic rings. The SMILES string of the molecule is CC1(C)C2CCC1(CN)C2.Cl. The number of hydrogen-bond donors (Lipinski definition) is 1. The average molecular weight is 176 g/mol. The van der Waals surface area contributed by atoms with Gasteiger partial charge >= 0.3 is 0 Å². The molecule has 3 aliphatic carbocycles. The van der Waals surface area contributed by atoms with E-state index in [-0.39, 0.29) is 12.4 Å². The van der Waals surface area contributed by atoms with Gasteiger partial charge in [0.1, 0.15) is 0 Å². The van der Waals surface area contributed by atoms with Crippen molar-refractivity contribution < 1.29 is 0 Å². The van der Waals surface area contributed by atoms with Gasteiger partial charge < -0.3 is 5.73 Å². The Hall–Kier alpha value is 0.250. The fourth-order valence-corrected chi connectivity index (χ4v) is 3.08. The molecule has 3 fully saturated rings. The molecule has 2 N–H and O–H groups in total. The molecule has 0 heterocycles. The van der Waals surface area contributed by atoms with E-state index >= 15 is 0 Å². The molecule has 3 rings (SSSR count). The molecule has 0 aromatic heterocycles. The number of halogens is 1. The van der Waals surface area contributed by atoms with Crippen LogP contribution in [0.4, 0.5) is 0 Å². The van der Waals surface area contributed by atoms with Crippen molar-refractivity contribution in [3.63, 3.8) is 0 Å². The Labute approximate surface area is 75.1 Å². The van der Waals surface area contributed by atoms with Crippen molar-refractivity contribution in [2.75, 3.05) is 6.54 Å². The minimum absolute atomic E-state index is 0. The molecule has 1 nitrogen and oxygen atoms in total. The van der Waals surface area contributed by atoms with E-state index in [0.717, 1.165) is 12.5 Å². The molecule has 2 heteroatoms. The largest absolute Gasteiger partial charge is 0.330 e. The van der Waals surface area contributed by atoms with E-state index in [1.54, 1.807) is 0 Å². The quantitative estimate of drug-likeness (QED) is 0.650. The summed E-state index contributed by atoms with van der Waals surface area (Å²) in [6.45, 7) is 5.69. The number of hydrogen-bond acceptors (Lipinski definition) is 1. The van der Waals surface area contributed by atoms with Crippen molar-refractivity contribution in [1.82, 2.24) is 0 Å². The molecule has 66 valence electrons. The summed E-state index contributed by atoms with van der Waals surface area (Å²) < 4.78 is 0. The van der Waals surface area contributed by atoms with Crippen LogP contribution in [0.5, 0.6) is 0 Å². The van der Waals surface area contributed by atoms with Crippen molar-refractivity contribution >= 4 is 12.4 Å². The summed E-state index contributed by atoms with van der Waals surface area (Å²) in [4.78, 5) is 0. The van der Waals surface area contributed by atoms with Gasteiger partial charge in [0.05, 0.1) is 0 Å². The third-order valence-corrected chi connectivity index (χ3v) is 4.39. The topological polar surface area (TPSA) is 26.0 Å². The normalized spacial score (nSPS) is 44.5. The molecule has 2 atom stereocenters. The fourth-order valence-electron chi connectivity index (χ4n) is 3.08. The van der Waals surface area contributed by atoms with Gasteiger partial charge in [0, 0.05) is 0 Å². The maximum Gasteiger partial charge on any atom is -0.00152 e. The maximum atomic E-state index is 5.78. The third-order valence-electron chi connectivity index (χ3n) is 4.39. The lowest BCUT2D eigenvalue weighted by atomic mass is 9.51. The highest BCUT2D eigenvalue weighted by molar-refractivity contribution is 5.85. The first kappa shape index (κ1) is 9.34. The van der Waals surface area contributed by atoms with Crippen LogP contribution in [0.3, 0.4) is 0 Å². The van der Waals surface area contributed by atoms with Crippen molar-refractivity contribution in [3.05, 3.63) is 0 Å². The van der Waals surface area contributed by atoms with E-state index in [2.05, 4.69) is 13.8 Å². The lowest BCUT2D eigenvalue weighted by molar-refractivity contribution is -0.0472. The average Bonchev–Trinajstić information content (AvgIpc) is 2.41. The molecule has 3 saturated carbocycles. The minimum Gasteiger partial charge on any atom is -0.330 e. The molecular weight excluding hydrogens is 158 g/mol. The van der Waals surface area contributed by atoms with Crippen LogP contribution >= 0.6 is 12.4 Å². The van der Waals surface area contributed by atoms with Crippen LogP contribution in [0.2, 0.25) is 0 Å². The van der Waals surface area contributed by atoms with Crippen LogP contribution in [-0.2, 0) is 0 Å². The Morgan fingerprint density at radius 3 is 2.27 bits per heavy atom. The predicted molar refractivity (Wildman–Crippen MR) is 49.9 cm³/mol. The molecule has 2 bridgehead atoms. The van der Waals surface area contributed by atoms with E-state index in [0.29, 0.717) is 10.8 Å². The first-order valence-corrected chi connectivity index (χ1v) is 4.32. The van der Waals surface area contributed by atoms with E-state index in [4.69, 9.17) is 5.73 Å². The Balaban J connectivity index is 0.000000605. The van der Waals surface area contributed by atoms with Crippen LogP contribution in [0.25, 0.3) is 0 Å². The molecule has 0 aromatic carbocycles. The fraction of sp³-hybridized carbons (Fsp3) is 1.00. The number of nitrogens with two attached hydrogens (primary N) is 1. The lowest BCUT2D eigenvalue weighted by Crippen LogP contribution is -2.52. The number of fused-ring (bicyclic) bond motifs is 1. The van der Waals surface area contributed by atoms with Crippen molar-refractivity contribution in [2.45, 2.75) is 33.1 Å². The van der Waals surface area contributed by atoms with Gasteiger partial charge in [-0.25, -0.2) is 0 Å². The summed E-state index contributed by atoms with van der Waals surface area (Å²) in [6.07, 6.45) is 4.24. The Bertz CT molecular complexity index is 163. The molecule has 2 unspecified atom stereocenters. The molecule has 0 aliphatic heterocycles. The van der Waals surface area contributed by atoms with Gasteiger partial charge in [0.25, 0.3) is 0 Å². The van der Waals surface area contributed by atoms with Crippen LogP contribution < -0.4 is 5.73 Å². The second-order valence-electron chi connectivity index (χ2n) is 4.65. The molecule has 0 spiro atoms. The second kappa shape index (κ2) is 2.37. The Morgan fingerprint density at radius 1 is 1.45 bits per heavy atom. The highest BCUT2D eigenvalue weighted by Crippen LogP contribution is 2.69. The van der Waals surface area contributed by atoms with Crippen molar-refractivity contribution in [1.29, 1.82) is 0 Å². The van der Waals surface area contributed by atoms with Gasteiger partial charge in [-0.2, -0.15) is 0 Å². The van der Waals surface area contributed by atoms with E-state index in [1.165, 1.54) is 19.3 Å². The van der Waals surface area contributed by atoms with Gasteiger partial charge in [0.2, 0.25) is 0 Å². The summed E-state index contributed by atoms with van der Waals surface area (Å²) in [6, 6.07) is 0. The summed E-state index contributed by atoms with van der Waals surface area (Å²) >= 11 is 0. The highest BCUT2D eigenvalue weighted by Gasteiger charge is 2.63. The zero-order valence-corrected chi connectivity index (χ0v) is 8.21. The first-order valence-electron chi connectivity index (χ1n) is 4.32.